The number of methoxy groups -OCH3 is 1. The van der Waals surface area contributed by atoms with Gasteiger partial charge in [0.05, 0.1) is 37.9 Å². The lowest BCUT2D eigenvalue weighted by atomic mass is 10.1. The second-order valence-corrected chi connectivity index (χ2v) is 3.61. The van der Waals surface area contributed by atoms with Gasteiger partial charge in [-0.15, -0.1) is 0 Å². The van der Waals surface area contributed by atoms with Gasteiger partial charge >= 0.3 is 5.97 Å². The molecule has 0 radical (unpaired) electrons. The SMILES string of the molecule is COC(=O)c1ccccc1CN(CC#N)CC#N. The van der Waals surface area contributed by atoms with E-state index in [4.69, 9.17) is 15.3 Å². The number of nitrogens with zero attached hydrogens (tertiary/aromatic N) is 3. The largest absolute Gasteiger partial charge is 0.465 e. The lowest BCUT2D eigenvalue weighted by Gasteiger charge is -2.16. The molecule has 1 rings (SSSR count). The van der Waals surface area contributed by atoms with E-state index in [1.165, 1.54) is 7.11 Å². The summed E-state index contributed by atoms with van der Waals surface area (Å²) in [5.74, 6) is -0.417. The smallest absolute Gasteiger partial charge is 0.338 e. The van der Waals surface area contributed by atoms with Crippen molar-refractivity contribution < 1.29 is 9.53 Å². The molecular formula is C13H13N3O2. The summed E-state index contributed by atoms with van der Waals surface area (Å²) in [7, 11) is 1.32. The van der Waals surface area contributed by atoms with Crippen LogP contribution in [0.25, 0.3) is 0 Å². The van der Waals surface area contributed by atoms with Crippen LogP contribution in [0.2, 0.25) is 0 Å². The third kappa shape index (κ3) is 3.58. The second-order valence-electron chi connectivity index (χ2n) is 3.61. The Morgan fingerprint density at radius 2 is 1.89 bits per heavy atom. The fraction of sp³-hybridized carbons (Fsp3) is 0.308. The minimum atomic E-state index is -0.417. The predicted octanol–water partition coefficient (Wildman–Crippen LogP) is 1.32. The van der Waals surface area contributed by atoms with Gasteiger partial charge in [0.1, 0.15) is 0 Å². The first-order valence-corrected chi connectivity index (χ1v) is 5.35. The van der Waals surface area contributed by atoms with E-state index < -0.39 is 5.97 Å². The zero-order valence-electron chi connectivity index (χ0n) is 10.1. The maximum Gasteiger partial charge on any atom is 0.338 e. The highest BCUT2D eigenvalue weighted by molar-refractivity contribution is 5.90. The van der Waals surface area contributed by atoms with Crippen LogP contribution in [0, 0.1) is 22.7 Å². The number of nitriles is 2. The molecule has 5 nitrogen and oxygen atoms in total. The highest BCUT2D eigenvalue weighted by atomic mass is 16.5. The predicted molar refractivity (Wildman–Crippen MR) is 64.3 cm³/mol. The quantitative estimate of drug-likeness (QED) is 0.575. The van der Waals surface area contributed by atoms with Crippen molar-refractivity contribution in [1.29, 1.82) is 10.5 Å². The van der Waals surface area contributed by atoms with Gasteiger partial charge in [0.25, 0.3) is 0 Å². The molecule has 0 fully saturated rings. The number of rotatable bonds is 5. The van der Waals surface area contributed by atoms with Crippen LogP contribution in [0.1, 0.15) is 15.9 Å². The van der Waals surface area contributed by atoms with E-state index in [9.17, 15) is 4.79 Å². The van der Waals surface area contributed by atoms with E-state index in [-0.39, 0.29) is 13.1 Å². The average Bonchev–Trinajstić information content (AvgIpc) is 2.39. The summed E-state index contributed by atoms with van der Waals surface area (Å²) in [4.78, 5) is 13.2. The molecule has 0 saturated carbocycles. The molecule has 18 heavy (non-hydrogen) atoms. The number of hydrogen-bond acceptors (Lipinski definition) is 5. The van der Waals surface area contributed by atoms with E-state index in [0.717, 1.165) is 5.56 Å². The van der Waals surface area contributed by atoms with Gasteiger partial charge in [-0.3, -0.25) is 4.90 Å². The van der Waals surface area contributed by atoms with Gasteiger partial charge in [-0.1, -0.05) is 18.2 Å². The van der Waals surface area contributed by atoms with E-state index in [0.29, 0.717) is 12.1 Å². The van der Waals surface area contributed by atoms with Gasteiger partial charge in [-0.25, -0.2) is 4.79 Å². The molecule has 0 aromatic heterocycles. The summed E-state index contributed by atoms with van der Waals surface area (Å²) in [6.07, 6.45) is 0. The van der Waals surface area contributed by atoms with Gasteiger partial charge in [0, 0.05) is 6.54 Å². The Hall–Kier alpha value is -2.37. The Balaban J connectivity index is 2.92. The Kier molecular flexibility index (Phi) is 5.37. The molecule has 0 aliphatic rings. The van der Waals surface area contributed by atoms with Crippen LogP contribution in [0.3, 0.4) is 0 Å². The fourth-order valence-electron chi connectivity index (χ4n) is 1.58. The molecule has 0 N–H and O–H groups in total. The standard InChI is InChI=1S/C13H13N3O2/c1-18-13(17)12-5-3-2-4-11(12)10-16(8-6-14)9-7-15/h2-5H,8-10H2,1H3. The monoisotopic (exact) mass is 243 g/mol. The summed E-state index contributed by atoms with van der Waals surface area (Å²) in [6, 6.07) is 11.0. The molecule has 1 aromatic carbocycles. The van der Waals surface area contributed by atoms with Crippen molar-refractivity contribution in [3.63, 3.8) is 0 Å². The summed E-state index contributed by atoms with van der Waals surface area (Å²) in [5, 5.41) is 17.3. The van der Waals surface area contributed by atoms with Crippen molar-refractivity contribution in [2.24, 2.45) is 0 Å². The molecule has 92 valence electrons. The first-order chi connectivity index (χ1) is 8.72. The van der Waals surface area contributed by atoms with E-state index in [1.807, 2.05) is 12.1 Å². The lowest BCUT2D eigenvalue weighted by Crippen LogP contribution is -2.25. The summed E-state index contributed by atoms with van der Waals surface area (Å²) in [6.45, 7) is 0.651. The molecule has 0 bridgehead atoms. The minimum Gasteiger partial charge on any atom is -0.465 e. The first-order valence-electron chi connectivity index (χ1n) is 5.35. The number of ether oxygens (including phenoxy) is 1. The van der Waals surface area contributed by atoms with Gasteiger partial charge in [-0.05, 0) is 11.6 Å². The van der Waals surface area contributed by atoms with Crippen LogP contribution in [-0.2, 0) is 11.3 Å². The molecule has 0 saturated heterocycles. The average molecular weight is 243 g/mol. The first kappa shape index (κ1) is 13.7. The molecule has 0 spiro atoms. The maximum absolute atomic E-state index is 11.6. The Bertz CT molecular complexity index is 484. The summed E-state index contributed by atoms with van der Waals surface area (Å²) < 4.78 is 4.69. The number of esters is 1. The molecule has 1 aromatic rings. The third-order valence-electron chi connectivity index (χ3n) is 2.41. The van der Waals surface area contributed by atoms with E-state index in [2.05, 4.69) is 0 Å². The molecule has 0 heterocycles. The number of carbonyl (C=O) groups is 1. The minimum absolute atomic E-state index is 0.142. The Morgan fingerprint density at radius 3 is 2.44 bits per heavy atom. The van der Waals surface area contributed by atoms with Crippen LogP contribution in [0.5, 0.6) is 0 Å². The molecular weight excluding hydrogens is 230 g/mol. The lowest BCUT2D eigenvalue weighted by molar-refractivity contribution is 0.0598. The molecule has 0 atom stereocenters. The maximum atomic E-state index is 11.6. The van der Waals surface area contributed by atoms with Crippen molar-refractivity contribution in [3.05, 3.63) is 35.4 Å². The third-order valence-corrected chi connectivity index (χ3v) is 2.41. The molecule has 0 aliphatic carbocycles. The normalized spacial score (nSPS) is 9.56. The van der Waals surface area contributed by atoms with Crippen molar-refractivity contribution in [2.75, 3.05) is 20.2 Å². The van der Waals surface area contributed by atoms with Gasteiger partial charge in [0.15, 0.2) is 0 Å². The molecule has 0 unspecified atom stereocenters. The zero-order valence-corrected chi connectivity index (χ0v) is 10.1. The fourth-order valence-corrected chi connectivity index (χ4v) is 1.58. The van der Waals surface area contributed by atoms with Crippen LogP contribution in [-0.4, -0.2) is 31.1 Å². The number of benzene rings is 1. The van der Waals surface area contributed by atoms with Gasteiger partial charge in [-0.2, -0.15) is 10.5 Å². The molecule has 0 aliphatic heterocycles. The number of hydrogen-bond donors (Lipinski definition) is 0. The molecule has 0 amide bonds. The summed E-state index contributed by atoms with van der Waals surface area (Å²) in [5.41, 5.74) is 1.20. The number of carbonyl (C=O) groups excluding carboxylic acids is 1. The van der Waals surface area contributed by atoms with Crippen LogP contribution in [0.4, 0.5) is 0 Å². The van der Waals surface area contributed by atoms with E-state index >= 15 is 0 Å². The Morgan fingerprint density at radius 1 is 1.28 bits per heavy atom. The van der Waals surface area contributed by atoms with E-state index in [1.54, 1.807) is 29.2 Å². The van der Waals surface area contributed by atoms with Gasteiger partial charge < -0.3 is 4.74 Å². The van der Waals surface area contributed by atoms with Gasteiger partial charge in [0.2, 0.25) is 0 Å². The van der Waals surface area contributed by atoms with Crippen molar-refractivity contribution in [1.82, 2.24) is 4.90 Å². The van der Waals surface area contributed by atoms with Crippen LogP contribution < -0.4 is 0 Å². The van der Waals surface area contributed by atoms with Crippen molar-refractivity contribution >= 4 is 5.97 Å². The van der Waals surface area contributed by atoms with Crippen molar-refractivity contribution in [3.8, 4) is 12.1 Å². The van der Waals surface area contributed by atoms with Crippen LogP contribution >= 0.6 is 0 Å². The summed E-state index contributed by atoms with van der Waals surface area (Å²) >= 11 is 0. The highest BCUT2D eigenvalue weighted by Gasteiger charge is 2.13. The zero-order chi connectivity index (χ0) is 13.4. The molecule has 5 heteroatoms. The topological polar surface area (TPSA) is 77.1 Å². The Labute approximate surface area is 106 Å². The van der Waals surface area contributed by atoms with Crippen molar-refractivity contribution in [2.45, 2.75) is 6.54 Å². The van der Waals surface area contributed by atoms with Crippen LogP contribution in [0.15, 0.2) is 24.3 Å². The second kappa shape index (κ2) is 7.05. The highest BCUT2D eigenvalue weighted by Crippen LogP contribution is 2.12.